The monoisotopic (exact) mass is 265 g/mol. The van der Waals surface area contributed by atoms with Gasteiger partial charge in [-0.3, -0.25) is 0 Å². The first-order valence-electron chi connectivity index (χ1n) is 8.95. The Bertz CT molecular complexity index is 248. The second-order valence-electron chi connectivity index (χ2n) is 7.53. The van der Waals surface area contributed by atoms with Crippen LogP contribution in [0.25, 0.3) is 0 Å². The van der Waals surface area contributed by atoms with E-state index in [0.29, 0.717) is 6.04 Å². The van der Waals surface area contributed by atoms with Gasteiger partial charge >= 0.3 is 0 Å². The zero-order valence-electron chi connectivity index (χ0n) is 13.2. The molecule has 0 radical (unpaired) electrons. The highest BCUT2D eigenvalue weighted by Crippen LogP contribution is 2.41. The molecule has 1 nitrogen and oxygen atoms in total. The second-order valence-corrected chi connectivity index (χ2v) is 7.53. The zero-order valence-corrected chi connectivity index (χ0v) is 13.2. The lowest BCUT2D eigenvalue weighted by atomic mass is 9.67. The Labute approximate surface area is 120 Å². The van der Waals surface area contributed by atoms with Crippen molar-refractivity contribution >= 4 is 0 Å². The molecular weight excluding hydrogens is 230 g/mol. The SMILES string of the molecule is CC(C)C1CCCCCCC1C1CCCCCC1N. The van der Waals surface area contributed by atoms with E-state index in [0.717, 1.165) is 23.7 Å². The molecule has 0 amide bonds. The molecule has 0 aromatic carbocycles. The predicted molar refractivity (Wildman–Crippen MR) is 84.1 cm³/mol. The molecule has 2 fully saturated rings. The van der Waals surface area contributed by atoms with Gasteiger partial charge in [-0.15, -0.1) is 0 Å². The number of hydrogen-bond donors (Lipinski definition) is 1. The van der Waals surface area contributed by atoms with E-state index in [1.165, 1.54) is 70.6 Å². The van der Waals surface area contributed by atoms with E-state index in [1.54, 1.807) is 0 Å². The third kappa shape index (κ3) is 4.21. The largest absolute Gasteiger partial charge is 0.327 e. The van der Waals surface area contributed by atoms with Crippen LogP contribution in [-0.2, 0) is 0 Å². The van der Waals surface area contributed by atoms with Gasteiger partial charge in [-0.2, -0.15) is 0 Å². The van der Waals surface area contributed by atoms with Crippen LogP contribution < -0.4 is 5.73 Å². The fourth-order valence-electron chi connectivity index (χ4n) is 4.80. The van der Waals surface area contributed by atoms with Crippen molar-refractivity contribution in [3.05, 3.63) is 0 Å². The van der Waals surface area contributed by atoms with E-state index in [-0.39, 0.29) is 0 Å². The molecule has 4 unspecified atom stereocenters. The first-order valence-corrected chi connectivity index (χ1v) is 8.95. The minimum absolute atomic E-state index is 0.494. The molecule has 112 valence electrons. The average molecular weight is 265 g/mol. The lowest BCUT2D eigenvalue weighted by Gasteiger charge is -2.39. The van der Waals surface area contributed by atoms with E-state index in [1.807, 2.05) is 0 Å². The van der Waals surface area contributed by atoms with Crippen LogP contribution in [0.2, 0.25) is 0 Å². The molecule has 0 heterocycles. The Hall–Kier alpha value is -0.0400. The fourth-order valence-corrected chi connectivity index (χ4v) is 4.80. The van der Waals surface area contributed by atoms with Crippen LogP contribution in [0.1, 0.15) is 84.5 Å². The van der Waals surface area contributed by atoms with Crippen molar-refractivity contribution in [2.75, 3.05) is 0 Å². The van der Waals surface area contributed by atoms with Crippen LogP contribution in [-0.4, -0.2) is 6.04 Å². The summed E-state index contributed by atoms with van der Waals surface area (Å²) < 4.78 is 0. The molecule has 1 heteroatoms. The van der Waals surface area contributed by atoms with Crippen LogP contribution in [0.5, 0.6) is 0 Å². The zero-order chi connectivity index (χ0) is 13.7. The summed E-state index contributed by atoms with van der Waals surface area (Å²) in [6, 6.07) is 0.494. The summed E-state index contributed by atoms with van der Waals surface area (Å²) in [6.07, 6.45) is 15.7. The van der Waals surface area contributed by atoms with Crippen molar-refractivity contribution in [3.8, 4) is 0 Å². The number of nitrogens with two attached hydrogens (primary N) is 1. The Morgan fingerprint density at radius 3 is 1.89 bits per heavy atom. The Morgan fingerprint density at radius 2 is 1.21 bits per heavy atom. The van der Waals surface area contributed by atoms with Gasteiger partial charge in [-0.1, -0.05) is 58.8 Å². The van der Waals surface area contributed by atoms with Crippen molar-refractivity contribution in [3.63, 3.8) is 0 Å². The summed E-state index contributed by atoms with van der Waals surface area (Å²) in [5.41, 5.74) is 6.56. The van der Waals surface area contributed by atoms with Gasteiger partial charge in [0.05, 0.1) is 0 Å². The molecule has 2 aliphatic rings. The van der Waals surface area contributed by atoms with E-state index in [2.05, 4.69) is 13.8 Å². The van der Waals surface area contributed by atoms with Gasteiger partial charge in [0.15, 0.2) is 0 Å². The molecule has 2 N–H and O–H groups in total. The molecule has 0 aliphatic heterocycles. The normalized spacial score (nSPS) is 38.5. The van der Waals surface area contributed by atoms with E-state index in [9.17, 15) is 0 Å². The van der Waals surface area contributed by atoms with Crippen LogP contribution in [0.15, 0.2) is 0 Å². The molecule has 2 aliphatic carbocycles. The van der Waals surface area contributed by atoms with Gasteiger partial charge in [0, 0.05) is 6.04 Å². The molecule has 0 spiro atoms. The maximum Gasteiger partial charge on any atom is 0.00699 e. The van der Waals surface area contributed by atoms with Crippen molar-refractivity contribution in [2.45, 2.75) is 90.5 Å². The predicted octanol–water partition coefficient (Wildman–Crippen LogP) is 5.14. The second kappa shape index (κ2) is 7.67. The molecule has 0 aromatic heterocycles. The van der Waals surface area contributed by atoms with Crippen LogP contribution in [0, 0.1) is 23.7 Å². The van der Waals surface area contributed by atoms with Crippen molar-refractivity contribution < 1.29 is 0 Å². The Kier molecular flexibility index (Phi) is 6.19. The van der Waals surface area contributed by atoms with Crippen LogP contribution in [0.4, 0.5) is 0 Å². The molecule has 0 aromatic rings. The minimum Gasteiger partial charge on any atom is -0.327 e. The van der Waals surface area contributed by atoms with Gasteiger partial charge in [0.25, 0.3) is 0 Å². The van der Waals surface area contributed by atoms with E-state index >= 15 is 0 Å². The molecule has 2 saturated carbocycles. The maximum atomic E-state index is 6.56. The van der Waals surface area contributed by atoms with Crippen molar-refractivity contribution in [1.82, 2.24) is 0 Å². The first-order chi connectivity index (χ1) is 9.20. The summed E-state index contributed by atoms with van der Waals surface area (Å²) in [7, 11) is 0. The molecule has 2 rings (SSSR count). The maximum absolute atomic E-state index is 6.56. The fraction of sp³-hybridized carbons (Fsp3) is 1.00. The highest BCUT2D eigenvalue weighted by molar-refractivity contribution is 4.87. The van der Waals surface area contributed by atoms with Crippen LogP contribution in [0.3, 0.4) is 0 Å². The highest BCUT2D eigenvalue weighted by atomic mass is 14.7. The third-order valence-corrected chi connectivity index (χ3v) is 5.91. The van der Waals surface area contributed by atoms with Gasteiger partial charge in [0.2, 0.25) is 0 Å². The summed E-state index contributed by atoms with van der Waals surface area (Å²) in [4.78, 5) is 0. The third-order valence-electron chi connectivity index (χ3n) is 5.91. The molecular formula is C18H35N. The molecule has 4 atom stereocenters. The van der Waals surface area contributed by atoms with Crippen molar-refractivity contribution in [1.29, 1.82) is 0 Å². The summed E-state index contributed by atoms with van der Waals surface area (Å²) in [5, 5.41) is 0. The topological polar surface area (TPSA) is 26.0 Å². The standard InChI is InChI=1S/C18H35N/c1-14(2)15-10-6-3-4-7-11-16(15)17-12-8-5-9-13-18(17)19/h14-18H,3-13,19H2,1-2H3. The average Bonchev–Trinajstić information content (AvgIpc) is 2.54. The van der Waals surface area contributed by atoms with Gasteiger partial charge in [-0.05, 0) is 49.4 Å². The van der Waals surface area contributed by atoms with Crippen molar-refractivity contribution in [2.24, 2.45) is 29.4 Å². The molecule has 0 bridgehead atoms. The van der Waals surface area contributed by atoms with E-state index in [4.69, 9.17) is 5.73 Å². The summed E-state index contributed by atoms with van der Waals surface area (Å²) in [6.45, 7) is 4.89. The quantitative estimate of drug-likeness (QED) is 0.688. The smallest absolute Gasteiger partial charge is 0.00699 e. The van der Waals surface area contributed by atoms with Crippen LogP contribution >= 0.6 is 0 Å². The Balaban J connectivity index is 2.09. The van der Waals surface area contributed by atoms with Gasteiger partial charge < -0.3 is 5.73 Å². The number of rotatable bonds is 2. The lowest BCUT2D eigenvalue weighted by Crippen LogP contribution is -2.39. The highest BCUT2D eigenvalue weighted by Gasteiger charge is 2.35. The molecule has 19 heavy (non-hydrogen) atoms. The van der Waals surface area contributed by atoms with Gasteiger partial charge in [-0.25, -0.2) is 0 Å². The van der Waals surface area contributed by atoms with E-state index < -0.39 is 0 Å². The summed E-state index contributed by atoms with van der Waals surface area (Å²) in [5.74, 6) is 3.54. The molecule has 0 saturated heterocycles. The van der Waals surface area contributed by atoms with Gasteiger partial charge in [0.1, 0.15) is 0 Å². The minimum atomic E-state index is 0.494. The lowest BCUT2D eigenvalue weighted by molar-refractivity contribution is 0.116. The summed E-state index contributed by atoms with van der Waals surface area (Å²) >= 11 is 0. The Morgan fingerprint density at radius 1 is 0.684 bits per heavy atom. The number of hydrogen-bond acceptors (Lipinski definition) is 1. The first kappa shape index (κ1) is 15.4.